The Hall–Kier alpha value is 0.0569. The van der Waals surface area contributed by atoms with Crippen molar-refractivity contribution in [2.75, 3.05) is 26.6 Å². The van der Waals surface area contributed by atoms with Crippen molar-refractivity contribution in [1.82, 2.24) is 0 Å². The normalized spacial score (nSPS) is 14.4. The molecular weight excluding hydrogens is 200 g/mol. The fraction of sp³-hybridized carbons (Fsp3) is 1.00. The summed E-state index contributed by atoms with van der Waals surface area (Å²) in [6, 6.07) is 1.11. The van der Waals surface area contributed by atoms with Crippen LogP contribution in [0.15, 0.2) is 0 Å². The monoisotopic (exact) mass is 222 g/mol. The number of aliphatic hydroxyl groups is 2. The van der Waals surface area contributed by atoms with Crippen LogP contribution in [-0.2, 0) is 9.47 Å². The van der Waals surface area contributed by atoms with Crippen LogP contribution in [0.2, 0.25) is 25.7 Å². The topological polar surface area (TPSA) is 58.9 Å². The molecule has 14 heavy (non-hydrogen) atoms. The predicted octanol–water partition coefficient (Wildman–Crippen LogP) is 0.668. The van der Waals surface area contributed by atoms with Crippen LogP contribution in [0.5, 0.6) is 0 Å². The Bertz CT molecular complexity index is 135. The number of ether oxygens (including phenoxy) is 2. The van der Waals surface area contributed by atoms with Gasteiger partial charge in [0.1, 0.15) is 12.9 Å². The molecule has 0 fully saturated rings. The summed E-state index contributed by atoms with van der Waals surface area (Å²) in [5, 5.41) is 17.4. The fourth-order valence-electron chi connectivity index (χ4n) is 0.733. The standard InChI is InChI=1S/C9H22O4Si/c1-14(2,3)5-4-12-8-13-7-9(11)6-10/h9-11H,4-8H2,1-3H3/t9-/m0/s1. The third-order valence-corrected chi connectivity index (χ3v) is 3.39. The summed E-state index contributed by atoms with van der Waals surface area (Å²) in [7, 11) is -1.02. The summed E-state index contributed by atoms with van der Waals surface area (Å²) in [4.78, 5) is 0. The molecule has 4 nitrogen and oxygen atoms in total. The van der Waals surface area contributed by atoms with Gasteiger partial charge in [-0.15, -0.1) is 0 Å². The average molecular weight is 222 g/mol. The van der Waals surface area contributed by atoms with Crippen molar-refractivity contribution in [3.8, 4) is 0 Å². The van der Waals surface area contributed by atoms with Gasteiger partial charge in [0, 0.05) is 14.7 Å². The van der Waals surface area contributed by atoms with Crippen molar-refractivity contribution >= 4 is 8.07 Å². The van der Waals surface area contributed by atoms with E-state index in [0.29, 0.717) is 6.61 Å². The first kappa shape index (κ1) is 14.1. The Morgan fingerprint density at radius 1 is 1.21 bits per heavy atom. The molecule has 0 aliphatic heterocycles. The van der Waals surface area contributed by atoms with Crippen LogP contribution < -0.4 is 0 Å². The van der Waals surface area contributed by atoms with E-state index in [2.05, 4.69) is 19.6 Å². The van der Waals surface area contributed by atoms with Gasteiger partial charge >= 0.3 is 0 Å². The minimum atomic E-state index is -1.02. The SMILES string of the molecule is C[Si](C)(C)CCOCOC[C@@H](O)CO. The van der Waals surface area contributed by atoms with Gasteiger partial charge in [0.05, 0.1) is 13.2 Å². The molecule has 0 rings (SSSR count). The van der Waals surface area contributed by atoms with Gasteiger partial charge in [-0.3, -0.25) is 0 Å². The zero-order valence-electron chi connectivity index (χ0n) is 9.32. The lowest BCUT2D eigenvalue weighted by molar-refractivity contribution is -0.0829. The third kappa shape index (κ3) is 10.1. The summed E-state index contributed by atoms with van der Waals surface area (Å²) >= 11 is 0. The first-order valence-corrected chi connectivity index (χ1v) is 8.61. The van der Waals surface area contributed by atoms with Crippen LogP contribution in [-0.4, -0.2) is 51.0 Å². The molecule has 0 aliphatic carbocycles. The molecule has 1 atom stereocenters. The molecule has 0 saturated heterocycles. The Balaban J connectivity index is 3.14. The number of hydrogen-bond acceptors (Lipinski definition) is 4. The van der Waals surface area contributed by atoms with Crippen molar-refractivity contribution in [2.24, 2.45) is 0 Å². The van der Waals surface area contributed by atoms with Crippen LogP contribution >= 0.6 is 0 Å². The smallest absolute Gasteiger partial charge is 0.146 e. The highest BCUT2D eigenvalue weighted by Gasteiger charge is 2.11. The molecule has 0 aromatic carbocycles. The van der Waals surface area contributed by atoms with E-state index in [1.807, 2.05) is 0 Å². The number of hydrogen-bond donors (Lipinski definition) is 2. The van der Waals surface area contributed by atoms with Crippen LogP contribution in [0.1, 0.15) is 0 Å². The summed E-state index contributed by atoms with van der Waals surface area (Å²) in [5.41, 5.74) is 0. The zero-order valence-corrected chi connectivity index (χ0v) is 10.3. The molecule has 86 valence electrons. The Morgan fingerprint density at radius 3 is 2.36 bits per heavy atom. The van der Waals surface area contributed by atoms with Gasteiger partial charge in [0.2, 0.25) is 0 Å². The van der Waals surface area contributed by atoms with Crippen LogP contribution in [0.4, 0.5) is 0 Å². The molecule has 0 saturated carbocycles. The molecule has 0 radical (unpaired) electrons. The van der Waals surface area contributed by atoms with E-state index in [0.717, 1.165) is 6.04 Å². The second-order valence-electron chi connectivity index (χ2n) is 4.54. The molecule has 0 aliphatic rings. The maximum absolute atomic E-state index is 8.92. The predicted molar refractivity (Wildman–Crippen MR) is 58.0 cm³/mol. The third-order valence-electron chi connectivity index (χ3n) is 1.68. The lowest BCUT2D eigenvalue weighted by atomic mass is 10.4. The molecule has 0 heterocycles. The molecule has 0 aromatic heterocycles. The van der Waals surface area contributed by atoms with Crippen LogP contribution in [0.25, 0.3) is 0 Å². The minimum absolute atomic E-state index is 0.128. The van der Waals surface area contributed by atoms with Gasteiger partial charge in [-0.1, -0.05) is 19.6 Å². The molecule has 2 N–H and O–H groups in total. The molecule has 0 aromatic rings. The van der Waals surface area contributed by atoms with Gasteiger partial charge in [0.15, 0.2) is 0 Å². The molecule has 0 amide bonds. The highest BCUT2D eigenvalue weighted by atomic mass is 28.3. The van der Waals surface area contributed by atoms with Crippen molar-refractivity contribution in [1.29, 1.82) is 0 Å². The first-order chi connectivity index (χ1) is 6.45. The van der Waals surface area contributed by atoms with E-state index in [1.54, 1.807) is 0 Å². The molecule has 5 heteroatoms. The highest BCUT2D eigenvalue weighted by molar-refractivity contribution is 6.76. The first-order valence-electron chi connectivity index (χ1n) is 4.90. The number of rotatable bonds is 8. The average Bonchev–Trinajstić information content (AvgIpc) is 2.08. The molecular formula is C9H22O4Si. The fourth-order valence-corrected chi connectivity index (χ4v) is 1.49. The van der Waals surface area contributed by atoms with Crippen molar-refractivity contribution < 1.29 is 19.7 Å². The Labute approximate surface area is 86.9 Å². The van der Waals surface area contributed by atoms with E-state index in [-0.39, 0.29) is 20.0 Å². The summed E-state index contributed by atoms with van der Waals surface area (Å²) in [5.74, 6) is 0. The van der Waals surface area contributed by atoms with E-state index in [1.165, 1.54) is 0 Å². The van der Waals surface area contributed by atoms with Crippen molar-refractivity contribution in [3.63, 3.8) is 0 Å². The summed E-state index contributed by atoms with van der Waals surface area (Å²) < 4.78 is 10.2. The van der Waals surface area contributed by atoms with Crippen LogP contribution in [0, 0.1) is 0 Å². The van der Waals surface area contributed by atoms with Gasteiger partial charge in [-0.05, 0) is 6.04 Å². The lowest BCUT2D eigenvalue weighted by Crippen LogP contribution is -2.23. The molecule has 0 unspecified atom stereocenters. The summed E-state index contributed by atoms with van der Waals surface area (Å²) in [6.07, 6.45) is -0.796. The number of aliphatic hydroxyl groups excluding tert-OH is 2. The van der Waals surface area contributed by atoms with Gasteiger partial charge in [0.25, 0.3) is 0 Å². The van der Waals surface area contributed by atoms with E-state index in [4.69, 9.17) is 19.7 Å². The second kappa shape index (κ2) is 7.36. The van der Waals surface area contributed by atoms with Crippen molar-refractivity contribution in [2.45, 2.75) is 31.8 Å². The largest absolute Gasteiger partial charge is 0.394 e. The van der Waals surface area contributed by atoms with Gasteiger partial charge < -0.3 is 19.7 Å². The minimum Gasteiger partial charge on any atom is -0.394 e. The van der Waals surface area contributed by atoms with E-state index >= 15 is 0 Å². The Kier molecular flexibility index (Phi) is 7.39. The maximum Gasteiger partial charge on any atom is 0.146 e. The van der Waals surface area contributed by atoms with E-state index in [9.17, 15) is 0 Å². The highest BCUT2D eigenvalue weighted by Crippen LogP contribution is 2.07. The Morgan fingerprint density at radius 2 is 1.86 bits per heavy atom. The molecule has 0 spiro atoms. The quantitative estimate of drug-likeness (QED) is 0.360. The van der Waals surface area contributed by atoms with Gasteiger partial charge in [-0.2, -0.15) is 0 Å². The van der Waals surface area contributed by atoms with E-state index < -0.39 is 14.2 Å². The van der Waals surface area contributed by atoms with Crippen molar-refractivity contribution in [3.05, 3.63) is 0 Å². The van der Waals surface area contributed by atoms with Crippen LogP contribution in [0.3, 0.4) is 0 Å². The van der Waals surface area contributed by atoms with Gasteiger partial charge in [-0.25, -0.2) is 0 Å². The zero-order chi connectivity index (χ0) is 11.0. The molecule has 0 bridgehead atoms. The maximum atomic E-state index is 8.92. The second-order valence-corrected chi connectivity index (χ2v) is 10.2. The lowest BCUT2D eigenvalue weighted by Gasteiger charge is -2.15. The summed E-state index contributed by atoms with van der Waals surface area (Å²) in [6.45, 7) is 7.62.